The quantitative estimate of drug-likeness (QED) is 0.525. The Balaban J connectivity index is 2.29. The van der Waals surface area contributed by atoms with Gasteiger partial charge in [0.2, 0.25) is 0 Å². The highest BCUT2D eigenvalue weighted by molar-refractivity contribution is 7.80. The van der Waals surface area contributed by atoms with Crippen molar-refractivity contribution in [2.45, 2.75) is 13.5 Å². The SMILES string of the molecule is COC(=O)c1sc(NC(=S)Nc2ccccc2OC(F)F)c(C(=O)OC)c1C. The Bertz CT molecular complexity index is 902. The van der Waals surface area contributed by atoms with Crippen LogP contribution in [0.4, 0.5) is 19.5 Å². The summed E-state index contributed by atoms with van der Waals surface area (Å²) in [6.45, 7) is -1.43. The first-order valence-electron chi connectivity index (χ1n) is 7.70. The zero-order valence-electron chi connectivity index (χ0n) is 15.0. The minimum absolute atomic E-state index is 0.00636. The van der Waals surface area contributed by atoms with Crippen LogP contribution in [-0.2, 0) is 9.47 Å². The van der Waals surface area contributed by atoms with Crippen molar-refractivity contribution < 1.29 is 32.6 Å². The summed E-state index contributed by atoms with van der Waals surface area (Å²) in [6, 6.07) is 5.97. The van der Waals surface area contributed by atoms with Gasteiger partial charge in [-0.3, -0.25) is 0 Å². The van der Waals surface area contributed by atoms with Crippen LogP contribution in [0.5, 0.6) is 5.75 Å². The number of para-hydroxylation sites is 2. The van der Waals surface area contributed by atoms with E-state index in [-0.39, 0.29) is 32.0 Å². The molecule has 0 saturated carbocycles. The van der Waals surface area contributed by atoms with Gasteiger partial charge in [0.25, 0.3) is 0 Å². The number of esters is 2. The topological polar surface area (TPSA) is 85.9 Å². The maximum atomic E-state index is 12.5. The molecule has 0 fully saturated rings. The van der Waals surface area contributed by atoms with Gasteiger partial charge in [-0.2, -0.15) is 8.78 Å². The van der Waals surface area contributed by atoms with E-state index in [1.807, 2.05) is 0 Å². The maximum absolute atomic E-state index is 12.5. The molecule has 1 heterocycles. The summed E-state index contributed by atoms with van der Waals surface area (Å²) in [7, 11) is 2.42. The molecule has 0 spiro atoms. The van der Waals surface area contributed by atoms with Gasteiger partial charge in [0, 0.05) is 0 Å². The van der Waals surface area contributed by atoms with Crippen molar-refractivity contribution in [3.05, 3.63) is 40.3 Å². The molecule has 7 nitrogen and oxygen atoms in total. The largest absolute Gasteiger partial charge is 0.465 e. The number of thiophene rings is 1. The second kappa shape index (κ2) is 9.42. The van der Waals surface area contributed by atoms with E-state index in [1.165, 1.54) is 32.4 Å². The van der Waals surface area contributed by atoms with Crippen molar-refractivity contribution in [3.63, 3.8) is 0 Å². The predicted octanol–water partition coefficient (Wildman–Crippen LogP) is 4.04. The van der Waals surface area contributed by atoms with Gasteiger partial charge in [-0.15, -0.1) is 11.3 Å². The molecule has 0 unspecified atom stereocenters. The van der Waals surface area contributed by atoms with E-state index in [0.29, 0.717) is 5.56 Å². The first kappa shape index (κ1) is 21.5. The molecule has 1 aromatic heterocycles. The molecule has 2 rings (SSSR count). The second-order valence-corrected chi connectivity index (χ2v) is 6.63. The molecule has 150 valence electrons. The monoisotopic (exact) mass is 430 g/mol. The number of hydrogen-bond donors (Lipinski definition) is 2. The van der Waals surface area contributed by atoms with Crippen LogP contribution in [0, 0.1) is 6.92 Å². The first-order chi connectivity index (χ1) is 13.3. The number of benzene rings is 1. The number of rotatable bonds is 6. The van der Waals surface area contributed by atoms with Crippen molar-refractivity contribution in [2.24, 2.45) is 0 Å². The van der Waals surface area contributed by atoms with E-state index in [0.717, 1.165) is 11.3 Å². The van der Waals surface area contributed by atoms with Gasteiger partial charge in [0.15, 0.2) is 5.11 Å². The molecule has 11 heteroatoms. The van der Waals surface area contributed by atoms with Gasteiger partial charge in [-0.25, -0.2) is 9.59 Å². The Labute approximate surface area is 168 Å². The molecular formula is C17H16F2N2O5S2. The van der Waals surface area contributed by atoms with Gasteiger partial charge in [-0.1, -0.05) is 12.1 Å². The average Bonchev–Trinajstić information content (AvgIpc) is 2.97. The second-order valence-electron chi connectivity index (χ2n) is 5.20. The Hall–Kier alpha value is -2.79. The first-order valence-corrected chi connectivity index (χ1v) is 8.92. The van der Waals surface area contributed by atoms with Crippen molar-refractivity contribution in [3.8, 4) is 5.75 Å². The molecular weight excluding hydrogens is 414 g/mol. The molecule has 0 aliphatic heterocycles. The van der Waals surface area contributed by atoms with Crippen molar-refractivity contribution in [2.75, 3.05) is 24.9 Å². The molecule has 28 heavy (non-hydrogen) atoms. The minimum Gasteiger partial charge on any atom is -0.465 e. The van der Waals surface area contributed by atoms with Crippen LogP contribution in [0.25, 0.3) is 0 Å². The van der Waals surface area contributed by atoms with Crippen molar-refractivity contribution in [1.29, 1.82) is 0 Å². The van der Waals surface area contributed by atoms with Gasteiger partial charge in [0.1, 0.15) is 15.6 Å². The van der Waals surface area contributed by atoms with Gasteiger partial charge in [0.05, 0.1) is 25.5 Å². The zero-order valence-corrected chi connectivity index (χ0v) is 16.6. The number of thiocarbonyl (C=S) groups is 1. The summed E-state index contributed by atoms with van der Waals surface area (Å²) in [5, 5.41) is 5.74. The summed E-state index contributed by atoms with van der Waals surface area (Å²) in [5.74, 6) is -1.39. The third kappa shape index (κ3) is 4.93. The lowest BCUT2D eigenvalue weighted by molar-refractivity contribution is -0.0493. The van der Waals surface area contributed by atoms with Crippen molar-refractivity contribution >= 4 is 51.3 Å². The standard InChI is InChI=1S/C17H16F2N2O5S2/c1-8-11(14(22)24-2)13(28-12(8)15(23)25-3)21-17(27)20-9-6-4-5-7-10(9)26-16(18)19/h4-7,16H,1-3H3,(H2,20,21,27). The van der Waals surface area contributed by atoms with Crippen LogP contribution >= 0.6 is 23.6 Å². The maximum Gasteiger partial charge on any atom is 0.387 e. The fourth-order valence-electron chi connectivity index (χ4n) is 2.26. The van der Waals surface area contributed by atoms with Crippen LogP contribution in [0.15, 0.2) is 24.3 Å². The van der Waals surface area contributed by atoms with E-state index >= 15 is 0 Å². The highest BCUT2D eigenvalue weighted by Crippen LogP contribution is 2.34. The van der Waals surface area contributed by atoms with Crippen LogP contribution < -0.4 is 15.4 Å². The number of hydrogen-bond acceptors (Lipinski definition) is 7. The fraction of sp³-hybridized carbons (Fsp3) is 0.235. The Morgan fingerprint density at radius 3 is 2.36 bits per heavy atom. The minimum atomic E-state index is -3.00. The molecule has 2 aromatic rings. The number of methoxy groups -OCH3 is 2. The van der Waals surface area contributed by atoms with Gasteiger partial charge < -0.3 is 24.8 Å². The number of carbonyl (C=O) groups excluding carboxylic acids is 2. The highest BCUT2D eigenvalue weighted by atomic mass is 32.1. The van der Waals surface area contributed by atoms with Crippen LogP contribution in [0.2, 0.25) is 0 Å². The summed E-state index contributed by atoms with van der Waals surface area (Å²) >= 11 is 6.14. The molecule has 2 N–H and O–H groups in total. The molecule has 1 aromatic carbocycles. The Morgan fingerprint density at radius 1 is 1.11 bits per heavy atom. The van der Waals surface area contributed by atoms with E-state index < -0.39 is 18.6 Å². The number of ether oxygens (including phenoxy) is 3. The van der Waals surface area contributed by atoms with E-state index in [9.17, 15) is 18.4 Å². The smallest absolute Gasteiger partial charge is 0.387 e. The Morgan fingerprint density at radius 2 is 1.75 bits per heavy atom. The van der Waals surface area contributed by atoms with Crippen LogP contribution in [-0.4, -0.2) is 37.9 Å². The summed E-state index contributed by atoms with van der Waals surface area (Å²) < 4.78 is 39.0. The third-order valence-electron chi connectivity index (χ3n) is 3.49. The number of alkyl halides is 2. The molecule has 0 radical (unpaired) electrons. The van der Waals surface area contributed by atoms with Crippen LogP contribution in [0.1, 0.15) is 25.6 Å². The molecule has 0 saturated heterocycles. The third-order valence-corrected chi connectivity index (χ3v) is 4.88. The lowest BCUT2D eigenvalue weighted by Crippen LogP contribution is -2.21. The zero-order chi connectivity index (χ0) is 20.8. The van der Waals surface area contributed by atoms with E-state index in [4.69, 9.17) is 21.7 Å². The normalized spacial score (nSPS) is 10.4. The van der Waals surface area contributed by atoms with Crippen LogP contribution in [0.3, 0.4) is 0 Å². The number of anilines is 2. The Kier molecular flexibility index (Phi) is 7.24. The van der Waals surface area contributed by atoms with Gasteiger partial charge in [-0.05, 0) is 36.8 Å². The van der Waals surface area contributed by atoms with Gasteiger partial charge >= 0.3 is 18.6 Å². The molecule has 0 atom stereocenters. The van der Waals surface area contributed by atoms with Crippen molar-refractivity contribution in [1.82, 2.24) is 0 Å². The van der Waals surface area contributed by atoms with E-state index in [2.05, 4.69) is 15.4 Å². The highest BCUT2D eigenvalue weighted by Gasteiger charge is 2.26. The number of carbonyl (C=O) groups is 2. The molecule has 0 bridgehead atoms. The fourth-order valence-corrected chi connectivity index (χ4v) is 3.66. The molecule has 0 aliphatic carbocycles. The number of nitrogens with one attached hydrogen (secondary N) is 2. The number of halogens is 2. The summed E-state index contributed by atoms with van der Waals surface area (Å²) in [6.07, 6.45) is 0. The van der Waals surface area contributed by atoms with E-state index in [1.54, 1.807) is 13.0 Å². The summed E-state index contributed by atoms with van der Waals surface area (Å²) in [4.78, 5) is 24.2. The lowest BCUT2D eigenvalue weighted by atomic mass is 10.1. The summed E-state index contributed by atoms with van der Waals surface area (Å²) in [5.41, 5.74) is 0.686. The average molecular weight is 430 g/mol. The molecule has 0 amide bonds. The lowest BCUT2D eigenvalue weighted by Gasteiger charge is -2.14. The molecule has 0 aliphatic rings. The predicted molar refractivity (Wildman–Crippen MR) is 105 cm³/mol.